The van der Waals surface area contributed by atoms with Gasteiger partial charge in [-0.05, 0) is 24.3 Å². The van der Waals surface area contributed by atoms with Crippen LogP contribution in [0.4, 0.5) is 5.13 Å². The van der Waals surface area contributed by atoms with Crippen LogP contribution in [0.5, 0.6) is 0 Å². The van der Waals surface area contributed by atoms with E-state index in [0.717, 1.165) is 11.3 Å². The summed E-state index contributed by atoms with van der Waals surface area (Å²) in [6, 6.07) is 14.3. The number of aromatic nitrogens is 3. The number of hydrogen-bond donors (Lipinski definition) is 1. The number of nitrogens with one attached hydrogen (secondary N) is 1. The zero-order valence-corrected chi connectivity index (χ0v) is 14.8. The number of carbonyl (C=O) groups excluding carboxylic acids is 1. The summed E-state index contributed by atoms with van der Waals surface area (Å²) in [6.45, 7) is 0. The van der Waals surface area contributed by atoms with Gasteiger partial charge in [0.25, 0.3) is 5.91 Å². The fraction of sp³-hybridized carbons (Fsp3) is 0. The highest BCUT2D eigenvalue weighted by atomic mass is 35.5. The molecule has 8 heteroatoms. The molecule has 4 rings (SSSR count). The summed E-state index contributed by atoms with van der Waals surface area (Å²) in [5, 5.41) is 9.41. The molecule has 0 spiro atoms. The summed E-state index contributed by atoms with van der Waals surface area (Å²) in [5.41, 5.74) is 2.35. The minimum absolute atomic E-state index is 0.162. The summed E-state index contributed by atoms with van der Waals surface area (Å²) in [7, 11) is 0. The second-order valence-electron chi connectivity index (χ2n) is 5.29. The predicted octanol–water partition coefficient (Wildman–Crippen LogP) is 4.77. The van der Waals surface area contributed by atoms with Gasteiger partial charge in [0.05, 0.1) is 5.69 Å². The Balaban J connectivity index is 1.50. The molecule has 6 nitrogen and oxygen atoms in total. The lowest BCUT2D eigenvalue weighted by Crippen LogP contribution is -2.11. The fourth-order valence-corrected chi connectivity index (χ4v) is 3.17. The summed E-state index contributed by atoms with van der Waals surface area (Å²) in [6.07, 6.45) is 1.69. The van der Waals surface area contributed by atoms with Gasteiger partial charge in [0.2, 0.25) is 0 Å². The molecule has 1 aromatic carbocycles. The third-order valence-corrected chi connectivity index (χ3v) is 4.50. The lowest BCUT2D eigenvalue weighted by molar-refractivity contribution is 0.101. The molecule has 1 amide bonds. The maximum atomic E-state index is 12.4. The van der Waals surface area contributed by atoms with E-state index in [9.17, 15) is 4.79 Å². The normalized spacial score (nSPS) is 10.7. The number of amides is 1. The minimum Gasteiger partial charge on any atom is -0.355 e. The Morgan fingerprint density at radius 3 is 2.85 bits per heavy atom. The molecular formula is C18H11ClN4O2S. The maximum Gasteiger partial charge on any atom is 0.279 e. The molecule has 0 aliphatic carbocycles. The number of pyridine rings is 1. The largest absolute Gasteiger partial charge is 0.355 e. The second kappa shape index (κ2) is 7.07. The molecule has 0 aliphatic rings. The van der Waals surface area contributed by atoms with Gasteiger partial charge in [0, 0.05) is 28.2 Å². The highest BCUT2D eigenvalue weighted by molar-refractivity contribution is 7.14. The van der Waals surface area contributed by atoms with Crippen molar-refractivity contribution in [3.05, 3.63) is 70.8 Å². The molecule has 3 aromatic heterocycles. The molecule has 0 saturated carbocycles. The molecule has 0 bridgehead atoms. The van der Waals surface area contributed by atoms with Crippen LogP contribution in [-0.2, 0) is 0 Å². The third kappa shape index (κ3) is 3.49. The number of rotatable bonds is 4. The SMILES string of the molecule is O=C(Nc1nc(-c2ccccn2)cs1)c1cc(-c2cccc(Cl)c2)on1. The number of carbonyl (C=O) groups is 1. The number of thiazole rings is 1. The quantitative estimate of drug-likeness (QED) is 0.550. The van der Waals surface area contributed by atoms with Crippen LogP contribution >= 0.6 is 22.9 Å². The lowest BCUT2D eigenvalue weighted by Gasteiger charge is -1.97. The van der Waals surface area contributed by atoms with Crippen LogP contribution < -0.4 is 5.32 Å². The number of benzene rings is 1. The van der Waals surface area contributed by atoms with Crippen LogP contribution in [-0.4, -0.2) is 21.0 Å². The third-order valence-electron chi connectivity index (χ3n) is 3.50. The van der Waals surface area contributed by atoms with Crippen molar-refractivity contribution in [1.82, 2.24) is 15.1 Å². The molecule has 0 radical (unpaired) electrons. The smallest absolute Gasteiger partial charge is 0.279 e. The van der Waals surface area contributed by atoms with E-state index in [0.29, 0.717) is 21.6 Å². The first-order valence-electron chi connectivity index (χ1n) is 7.60. The van der Waals surface area contributed by atoms with Crippen molar-refractivity contribution >= 4 is 34.0 Å². The average molecular weight is 383 g/mol. The van der Waals surface area contributed by atoms with E-state index in [1.807, 2.05) is 29.6 Å². The predicted molar refractivity (Wildman–Crippen MR) is 100 cm³/mol. The van der Waals surface area contributed by atoms with E-state index in [4.69, 9.17) is 16.1 Å². The van der Waals surface area contributed by atoms with Gasteiger partial charge in [-0.1, -0.05) is 35.0 Å². The number of hydrogen-bond acceptors (Lipinski definition) is 6. The van der Waals surface area contributed by atoms with Crippen LogP contribution in [0.1, 0.15) is 10.5 Å². The van der Waals surface area contributed by atoms with Crippen LogP contribution in [0.15, 0.2) is 64.6 Å². The van der Waals surface area contributed by atoms with E-state index in [1.165, 1.54) is 11.3 Å². The van der Waals surface area contributed by atoms with E-state index >= 15 is 0 Å². The topological polar surface area (TPSA) is 80.9 Å². The zero-order chi connectivity index (χ0) is 17.9. The minimum atomic E-state index is -0.399. The average Bonchev–Trinajstić information content (AvgIpc) is 3.32. The summed E-state index contributed by atoms with van der Waals surface area (Å²) < 4.78 is 5.24. The van der Waals surface area contributed by atoms with Gasteiger partial charge in [0.15, 0.2) is 16.6 Å². The molecule has 128 valence electrons. The number of halogens is 1. The van der Waals surface area contributed by atoms with E-state index < -0.39 is 5.91 Å². The number of nitrogens with zero attached hydrogens (tertiary/aromatic N) is 3. The van der Waals surface area contributed by atoms with Crippen LogP contribution in [0, 0.1) is 0 Å². The highest BCUT2D eigenvalue weighted by Crippen LogP contribution is 2.25. The first-order valence-corrected chi connectivity index (χ1v) is 8.86. The van der Waals surface area contributed by atoms with E-state index in [1.54, 1.807) is 30.5 Å². The standard InChI is InChI=1S/C18H11ClN4O2S/c19-12-5-3-4-11(8-12)16-9-14(23-25-16)17(24)22-18-21-15(10-26-18)13-6-1-2-7-20-13/h1-10H,(H,21,22,24). The van der Waals surface area contributed by atoms with Gasteiger partial charge in [-0.2, -0.15) is 0 Å². The van der Waals surface area contributed by atoms with Crippen molar-refractivity contribution in [1.29, 1.82) is 0 Å². The summed E-state index contributed by atoms with van der Waals surface area (Å²) in [4.78, 5) is 21.0. The maximum absolute atomic E-state index is 12.4. The molecule has 0 saturated heterocycles. The van der Waals surface area contributed by atoms with Crippen LogP contribution in [0.2, 0.25) is 5.02 Å². The monoisotopic (exact) mass is 382 g/mol. The molecule has 1 N–H and O–H groups in total. The molecule has 0 unspecified atom stereocenters. The van der Waals surface area contributed by atoms with Gasteiger partial charge in [0.1, 0.15) is 5.69 Å². The Morgan fingerprint density at radius 1 is 1.12 bits per heavy atom. The van der Waals surface area contributed by atoms with Crippen molar-refractivity contribution < 1.29 is 9.32 Å². The Bertz CT molecular complexity index is 1060. The molecule has 0 atom stereocenters. The van der Waals surface area contributed by atoms with Gasteiger partial charge < -0.3 is 4.52 Å². The Morgan fingerprint density at radius 2 is 2.04 bits per heavy atom. The van der Waals surface area contributed by atoms with Gasteiger partial charge in [-0.15, -0.1) is 11.3 Å². The van der Waals surface area contributed by atoms with Crippen molar-refractivity contribution in [3.63, 3.8) is 0 Å². The lowest BCUT2D eigenvalue weighted by atomic mass is 10.1. The Hall–Kier alpha value is -3.03. The number of anilines is 1. The van der Waals surface area contributed by atoms with Crippen molar-refractivity contribution in [3.8, 4) is 22.7 Å². The van der Waals surface area contributed by atoms with Crippen molar-refractivity contribution in [2.75, 3.05) is 5.32 Å². The summed E-state index contributed by atoms with van der Waals surface area (Å²) in [5.74, 6) is 0.0647. The highest BCUT2D eigenvalue weighted by Gasteiger charge is 2.16. The molecule has 0 fully saturated rings. The van der Waals surface area contributed by atoms with Gasteiger partial charge >= 0.3 is 0 Å². The van der Waals surface area contributed by atoms with Crippen LogP contribution in [0.3, 0.4) is 0 Å². The second-order valence-corrected chi connectivity index (χ2v) is 6.59. The molecule has 0 aliphatic heterocycles. The van der Waals surface area contributed by atoms with Gasteiger partial charge in [-0.25, -0.2) is 4.98 Å². The fourth-order valence-electron chi connectivity index (χ4n) is 2.28. The molecule has 4 aromatic rings. The van der Waals surface area contributed by atoms with Crippen molar-refractivity contribution in [2.45, 2.75) is 0 Å². The molecular weight excluding hydrogens is 372 g/mol. The zero-order valence-electron chi connectivity index (χ0n) is 13.2. The first-order chi connectivity index (χ1) is 12.7. The first kappa shape index (κ1) is 16.4. The van der Waals surface area contributed by atoms with Crippen molar-refractivity contribution in [2.24, 2.45) is 0 Å². The van der Waals surface area contributed by atoms with E-state index in [2.05, 4.69) is 20.4 Å². The Labute approximate surface area is 157 Å². The Kier molecular flexibility index (Phi) is 4.47. The molecule has 26 heavy (non-hydrogen) atoms. The van der Waals surface area contributed by atoms with Crippen LogP contribution in [0.25, 0.3) is 22.7 Å². The van der Waals surface area contributed by atoms with Gasteiger partial charge in [-0.3, -0.25) is 15.1 Å². The van der Waals surface area contributed by atoms with E-state index in [-0.39, 0.29) is 5.69 Å². The summed E-state index contributed by atoms with van der Waals surface area (Å²) >= 11 is 7.28. The molecule has 3 heterocycles.